The highest BCUT2D eigenvalue weighted by molar-refractivity contribution is 6.01. The van der Waals surface area contributed by atoms with Crippen LogP contribution < -0.4 is 16.0 Å². The molecular formula is C17H24N4O2. The molecule has 23 heavy (non-hydrogen) atoms. The Bertz CT molecular complexity index is 552. The van der Waals surface area contributed by atoms with Crippen LogP contribution in [0.3, 0.4) is 0 Å². The molecule has 2 heterocycles. The standard InChI is InChI=1S/C17H24N4O2/c22-16-6-5-15(17(23)20-16)19-14-3-1-13(2-4-14)7-10-21-11-8-18-9-12-21/h1-4,15,18-19H,5-12H2,(H,20,22,23). The van der Waals surface area contributed by atoms with E-state index in [0.717, 1.165) is 44.8 Å². The molecule has 6 nitrogen and oxygen atoms in total. The molecule has 124 valence electrons. The Labute approximate surface area is 136 Å². The molecule has 2 aliphatic heterocycles. The van der Waals surface area contributed by atoms with E-state index in [4.69, 9.17) is 0 Å². The summed E-state index contributed by atoms with van der Waals surface area (Å²) < 4.78 is 0. The van der Waals surface area contributed by atoms with Crippen LogP contribution in [0.25, 0.3) is 0 Å². The fraction of sp³-hybridized carbons (Fsp3) is 0.529. The Morgan fingerprint density at radius 1 is 1.13 bits per heavy atom. The number of carbonyl (C=O) groups is 2. The van der Waals surface area contributed by atoms with E-state index >= 15 is 0 Å². The van der Waals surface area contributed by atoms with Crippen LogP contribution in [0.15, 0.2) is 24.3 Å². The van der Waals surface area contributed by atoms with Crippen molar-refractivity contribution < 1.29 is 9.59 Å². The zero-order valence-corrected chi connectivity index (χ0v) is 13.3. The first-order valence-corrected chi connectivity index (χ1v) is 8.33. The van der Waals surface area contributed by atoms with E-state index in [0.29, 0.717) is 12.8 Å². The number of anilines is 1. The second-order valence-electron chi connectivity index (χ2n) is 6.19. The van der Waals surface area contributed by atoms with Gasteiger partial charge in [-0.2, -0.15) is 0 Å². The number of amides is 2. The maximum atomic E-state index is 11.7. The van der Waals surface area contributed by atoms with Gasteiger partial charge >= 0.3 is 0 Å². The average molecular weight is 316 g/mol. The molecule has 2 amide bonds. The molecule has 0 radical (unpaired) electrons. The molecule has 1 atom stereocenters. The van der Waals surface area contributed by atoms with E-state index in [9.17, 15) is 9.59 Å². The molecule has 2 aliphatic rings. The van der Waals surface area contributed by atoms with Crippen molar-refractivity contribution in [3.8, 4) is 0 Å². The highest BCUT2D eigenvalue weighted by atomic mass is 16.2. The molecule has 6 heteroatoms. The highest BCUT2D eigenvalue weighted by Crippen LogP contribution is 2.15. The molecule has 0 aliphatic carbocycles. The number of piperazine rings is 1. The van der Waals surface area contributed by atoms with Gasteiger partial charge in [0.05, 0.1) is 0 Å². The second-order valence-corrected chi connectivity index (χ2v) is 6.19. The minimum atomic E-state index is -0.320. The monoisotopic (exact) mass is 316 g/mol. The number of hydrogen-bond donors (Lipinski definition) is 3. The molecule has 3 N–H and O–H groups in total. The van der Waals surface area contributed by atoms with Gasteiger partial charge in [-0.3, -0.25) is 14.9 Å². The largest absolute Gasteiger partial charge is 0.374 e. The topological polar surface area (TPSA) is 73.5 Å². The van der Waals surface area contributed by atoms with E-state index in [1.54, 1.807) is 0 Å². The summed E-state index contributed by atoms with van der Waals surface area (Å²) in [5, 5.41) is 8.93. The van der Waals surface area contributed by atoms with Gasteiger partial charge in [-0.05, 0) is 30.5 Å². The highest BCUT2D eigenvalue weighted by Gasteiger charge is 2.26. The predicted molar refractivity (Wildman–Crippen MR) is 89.3 cm³/mol. The molecular weight excluding hydrogens is 292 g/mol. The van der Waals surface area contributed by atoms with E-state index in [-0.39, 0.29) is 17.9 Å². The van der Waals surface area contributed by atoms with Crippen molar-refractivity contribution in [1.82, 2.24) is 15.5 Å². The SMILES string of the molecule is O=C1CCC(Nc2ccc(CCN3CCNCC3)cc2)C(=O)N1. The van der Waals surface area contributed by atoms with Crippen LogP contribution in [-0.4, -0.2) is 55.5 Å². The van der Waals surface area contributed by atoms with Crippen molar-refractivity contribution in [3.05, 3.63) is 29.8 Å². The van der Waals surface area contributed by atoms with Gasteiger partial charge in [0.1, 0.15) is 6.04 Å². The lowest BCUT2D eigenvalue weighted by atomic mass is 10.1. The fourth-order valence-corrected chi connectivity index (χ4v) is 3.02. The summed E-state index contributed by atoms with van der Waals surface area (Å²) in [6.45, 7) is 5.48. The van der Waals surface area contributed by atoms with Crippen LogP contribution in [-0.2, 0) is 16.0 Å². The summed E-state index contributed by atoms with van der Waals surface area (Å²) in [4.78, 5) is 25.4. The van der Waals surface area contributed by atoms with Crippen LogP contribution in [0.1, 0.15) is 18.4 Å². The number of nitrogens with one attached hydrogen (secondary N) is 3. The predicted octanol–water partition coefficient (Wildman–Crippen LogP) is 0.351. The summed E-state index contributed by atoms with van der Waals surface area (Å²) >= 11 is 0. The lowest BCUT2D eigenvalue weighted by molar-refractivity contribution is -0.133. The van der Waals surface area contributed by atoms with Crippen LogP contribution >= 0.6 is 0 Å². The Morgan fingerprint density at radius 2 is 1.87 bits per heavy atom. The Kier molecular flexibility index (Phi) is 5.25. The molecule has 0 bridgehead atoms. The number of benzene rings is 1. The van der Waals surface area contributed by atoms with Crippen molar-refractivity contribution in [2.75, 3.05) is 38.0 Å². The van der Waals surface area contributed by atoms with E-state index < -0.39 is 0 Å². The third-order valence-electron chi connectivity index (χ3n) is 4.46. The average Bonchev–Trinajstić information content (AvgIpc) is 2.58. The van der Waals surface area contributed by atoms with Gasteiger partial charge in [-0.1, -0.05) is 12.1 Å². The zero-order valence-electron chi connectivity index (χ0n) is 13.3. The van der Waals surface area contributed by atoms with Crippen molar-refractivity contribution >= 4 is 17.5 Å². The van der Waals surface area contributed by atoms with Gasteiger partial charge in [0, 0.05) is 44.8 Å². The van der Waals surface area contributed by atoms with Crippen LogP contribution in [0.5, 0.6) is 0 Å². The number of hydrogen-bond acceptors (Lipinski definition) is 5. The maximum absolute atomic E-state index is 11.7. The fourth-order valence-electron chi connectivity index (χ4n) is 3.02. The lowest BCUT2D eigenvalue weighted by Crippen LogP contribution is -2.47. The van der Waals surface area contributed by atoms with Crippen molar-refractivity contribution in [2.45, 2.75) is 25.3 Å². The van der Waals surface area contributed by atoms with Gasteiger partial charge in [-0.25, -0.2) is 0 Å². The van der Waals surface area contributed by atoms with Gasteiger partial charge in [-0.15, -0.1) is 0 Å². The minimum absolute atomic E-state index is 0.184. The molecule has 2 fully saturated rings. The van der Waals surface area contributed by atoms with Gasteiger partial charge in [0.25, 0.3) is 0 Å². The molecule has 0 aromatic heterocycles. The molecule has 1 aromatic rings. The van der Waals surface area contributed by atoms with Crippen LogP contribution in [0, 0.1) is 0 Å². The van der Waals surface area contributed by atoms with E-state index in [1.807, 2.05) is 12.1 Å². The third-order valence-corrected chi connectivity index (χ3v) is 4.46. The van der Waals surface area contributed by atoms with Crippen LogP contribution in [0.2, 0.25) is 0 Å². The second kappa shape index (κ2) is 7.57. The number of imide groups is 1. The first-order chi connectivity index (χ1) is 11.2. The third kappa shape index (κ3) is 4.53. The van der Waals surface area contributed by atoms with Gasteiger partial charge < -0.3 is 15.5 Å². The molecule has 0 spiro atoms. The number of carbonyl (C=O) groups excluding carboxylic acids is 2. The first-order valence-electron chi connectivity index (χ1n) is 8.33. The molecule has 1 aromatic carbocycles. The van der Waals surface area contributed by atoms with Gasteiger partial charge in [0.2, 0.25) is 11.8 Å². The van der Waals surface area contributed by atoms with Crippen LogP contribution in [0.4, 0.5) is 5.69 Å². The molecule has 1 unspecified atom stereocenters. The normalized spacial score (nSPS) is 22.7. The summed E-state index contributed by atoms with van der Waals surface area (Å²) in [5.41, 5.74) is 2.22. The summed E-state index contributed by atoms with van der Waals surface area (Å²) in [6, 6.07) is 7.92. The summed E-state index contributed by atoms with van der Waals surface area (Å²) in [5.74, 6) is -0.416. The maximum Gasteiger partial charge on any atom is 0.249 e. The van der Waals surface area contributed by atoms with E-state index in [2.05, 4.69) is 33.0 Å². The van der Waals surface area contributed by atoms with Gasteiger partial charge in [0.15, 0.2) is 0 Å². The van der Waals surface area contributed by atoms with Crippen molar-refractivity contribution in [3.63, 3.8) is 0 Å². The molecule has 0 saturated carbocycles. The van der Waals surface area contributed by atoms with E-state index in [1.165, 1.54) is 5.56 Å². The first kappa shape index (κ1) is 16.0. The van der Waals surface area contributed by atoms with Crippen molar-refractivity contribution in [2.24, 2.45) is 0 Å². The Morgan fingerprint density at radius 3 is 2.57 bits per heavy atom. The summed E-state index contributed by atoms with van der Waals surface area (Å²) in [7, 11) is 0. The summed E-state index contributed by atoms with van der Waals surface area (Å²) in [6.07, 6.45) is 1.99. The number of rotatable bonds is 5. The molecule has 3 rings (SSSR count). The zero-order chi connectivity index (χ0) is 16.1. The molecule has 2 saturated heterocycles. The minimum Gasteiger partial charge on any atom is -0.374 e. The Hall–Kier alpha value is -1.92. The lowest BCUT2D eigenvalue weighted by Gasteiger charge is -2.27. The smallest absolute Gasteiger partial charge is 0.249 e. The number of piperidine rings is 1. The number of nitrogens with zero attached hydrogens (tertiary/aromatic N) is 1. The van der Waals surface area contributed by atoms with Crippen molar-refractivity contribution in [1.29, 1.82) is 0 Å². The Balaban J connectivity index is 1.48. The quantitative estimate of drug-likeness (QED) is 0.684.